The van der Waals surface area contributed by atoms with Crippen LogP contribution in [0, 0.1) is 23.0 Å². The molecule has 2 atom stereocenters. The van der Waals surface area contributed by atoms with E-state index in [9.17, 15) is 8.78 Å². The van der Waals surface area contributed by atoms with Gasteiger partial charge in [0.2, 0.25) is 0 Å². The van der Waals surface area contributed by atoms with Gasteiger partial charge in [0.15, 0.2) is 11.6 Å². The quantitative estimate of drug-likeness (QED) is 0.892. The van der Waals surface area contributed by atoms with Crippen LogP contribution >= 0.6 is 0 Å². The second-order valence-corrected chi connectivity index (χ2v) is 7.39. The third-order valence-electron chi connectivity index (χ3n) is 4.40. The zero-order valence-corrected chi connectivity index (χ0v) is 13.6. The zero-order chi connectivity index (χ0) is 15.8. The number of rotatable bonds is 2. The molecule has 1 aliphatic heterocycles. The molecule has 0 aromatic heterocycles. The third kappa shape index (κ3) is 3.54. The zero-order valence-electron chi connectivity index (χ0n) is 13.6. The summed E-state index contributed by atoms with van der Waals surface area (Å²) in [6.45, 7) is 12.6. The molecule has 0 saturated carbocycles. The highest BCUT2D eigenvalue weighted by molar-refractivity contribution is 5.49. The van der Waals surface area contributed by atoms with E-state index in [4.69, 9.17) is 0 Å². The van der Waals surface area contributed by atoms with Crippen LogP contribution in [-0.4, -0.2) is 25.2 Å². The Balaban J connectivity index is 2.31. The Bertz CT molecular complexity index is 494. The molecule has 1 aliphatic rings. The Morgan fingerprint density at radius 1 is 1.19 bits per heavy atom. The van der Waals surface area contributed by atoms with Crippen LogP contribution in [0.15, 0.2) is 18.2 Å². The van der Waals surface area contributed by atoms with E-state index in [0.29, 0.717) is 12.0 Å². The van der Waals surface area contributed by atoms with Gasteiger partial charge in [0.25, 0.3) is 0 Å². The van der Waals surface area contributed by atoms with Crippen molar-refractivity contribution in [2.24, 2.45) is 11.3 Å². The molecule has 2 unspecified atom stereocenters. The van der Waals surface area contributed by atoms with Gasteiger partial charge < -0.3 is 10.2 Å². The first-order chi connectivity index (χ1) is 9.70. The van der Waals surface area contributed by atoms with Gasteiger partial charge in [-0.1, -0.05) is 34.6 Å². The lowest BCUT2D eigenvalue weighted by Gasteiger charge is -2.47. The first-order valence-corrected chi connectivity index (χ1v) is 7.65. The molecular formula is C17H26F2N2. The smallest absolute Gasteiger partial charge is 0.160 e. The topological polar surface area (TPSA) is 15.3 Å². The van der Waals surface area contributed by atoms with Crippen LogP contribution in [0.5, 0.6) is 0 Å². The maximum Gasteiger partial charge on any atom is 0.160 e. The van der Waals surface area contributed by atoms with Crippen LogP contribution in [-0.2, 0) is 0 Å². The number of anilines is 1. The highest BCUT2D eigenvalue weighted by Gasteiger charge is 2.35. The van der Waals surface area contributed by atoms with E-state index < -0.39 is 11.6 Å². The molecule has 118 valence electrons. The van der Waals surface area contributed by atoms with Crippen LogP contribution < -0.4 is 10.2 Å². The highest BCUT2D eigenvalue weighted by Crippen LogP contribution is 2.30. The summed E-state index contributed by atoms with van der Waals surface area (Å²) in [5, 5.41) is 3.61. The van der Waals surface area contributed by atoms with Crippen molar-refractivity contribution in [1.82, 2.24) is 5.32 Å². The van der Waals surface area contributed by atoms with Crippen molar-refractivity contribution < 1.29 is 8.78 Å². The number of hydrogen-bond donors (Lipinski definition) is 1. The van der Waals surface area contributed by atoms with E-state index in [1.165, 1.54) is 12.1 Å². The SMILES string of the molecule is CC(C)C1CNC(C(C)(C)C)CN1c1ccc(F)c(F)c1. The molecule has 1 saturated heterocycles. The van der Waals surface area contributed by atoms with Crippen LogP contribution in [0.4, 0.5) is 14.5 Å². The molecule has 2 rings (SSSR count). The van der Waals surface area contributed by atoms with Crippen molar-refractivity contribution in [3.63, 3.8) is 0 Å². The van der Waals surface area contributed by atoms with E-state index >= 15 is 0 Å². The number of piperazine rings is 1. The standard InChI is InChI=1S/C17H26F2N2/c1-11(2)15-9-20-16(17(3,4)5)10-21(15)12-6-7-13(18)14(19)8-12/h6-8,11,15-16,20H,9-10H2,1-5H3. The van der Waals surface area contributed by atoms with Gasteiger partial charge >= 0.3 is 0 Å². The maximum absolute atomic E-state index is 13.6. The number of nitrogens with zero attached hydrogens (tertiary/aromatic N) is 1. The van der Waals surface area contributed by atoms with E-state index in [-0.39, 0.29) is 11.5 Å². The lowest BCUT2D eigenvalue weighted by molar-refractivity contribution is 0.220. The fourth-order valence-corrected chi connectivity index (χ4v) is 2.91. The summed E-state index contributed by atoms with van der Waals surface area (Å²) in [5.74, 6) is -1.13. The average Bonchev–Trinajstić information content (AvgIpc) is 2.40. The van der Waals surface area contributed by atoms with Crippen molar-refractivity contribution in [3.8, 4) is 0 Å². The normalized spacial score (nSPS) is 23.7. The van der Waals surface area contributed by atoms with Gasteiger partial charge in [-0.25, -0.2) is 8.78 Å². The summed E-state index contributed by atoms with van der Waals surface area (Å²) in [5.41, 5.74) is 0.891. The number of halogens is 2. The first-order valence-electron chi connectivity index (χ1n) is 7.65. The summed E-state index contributed by atoms with van der Waals surface area (Å²) in [6.07, 6.45) is 0. The number of benzene rings is 1. The van der Waals surface area contributed by atoms with E-state index in [1.807, 2.05) is 0 Å². The molecule has 1 aromatic rings. The molecule has 0 aliphatic carbocycles. The molecular weight excluding hydrogens is 270 g/mol. The molecule has 1 N–H and O–H groups in total. The summed E-state index contributed by atoms with van der Waals surface area (Å²) in [6, 6.07) is 4.82. The highest BCUT2D eigenvalue weighted by atomic mass is 19.2. The van der Waals surface area contributed by atoms with Gasteiger partial charge in [0, 0.05) is 36.9 Å². The molecule has 0 radical (unpaired) electrons. The fraction of sp³-hybridized carbons (Fsp3) is 0.647. The molecule has 0 spiro atoms. The monoisotopic (exact) mass is 296 g/mol. The summed E-state index contributed by atoms with van der Waals surface area (Å²) in [7, 11) is 0. The fourth-order valence-electron chi connectivity index (χ4n) is 2.91. The Hall–Kier alpha value is -1.16. The second kappa shape index (κ2) is 5.91. The van der Waals surface area contributed by atoms with E-state index in [1.54, 1.807) is 6.07 Å². The van der Waals surface area contributed by atoms with Gasteiger partial charge in [-0.3, -0.25) is 0 Å². The second-order valence-electron chi connectivity index (χ2n) is 7.39. The predicted octanol–water partition coefficient (Wildman–Crippen LogP) is 3.81. The average molecular weight is 296 g/mol. The molecule has 1 aromatic carbocycles. The van der Waals surface area contributed by atoms with Crippen molar-refractivity contribution in [2.75, 3.05) is 18.0 Å². The Morgan fingerprint density at radius 2 is 1.86 bits per heavy atom. The molecule has 0 amide bonds. The van der Waals surface area contributed by atoms with Crippen LogP contribution in [0.1, 0.15) is 34.6 Å². The number of hydrogen-bond acceptors (Lipinski definition) is 2. The summed E-state index contributed by atoms with van der Waals surface area (Å²) < 4.78 is 26.8. The Morgan fingerprint density at radius 3 is 2.38 bits per heavy atom. The Kier molecular flexibility index (Phi) is 4.57. The molecule has 21 heavy (non-hydrogen) atoms. The van der Waals surface area contributed by atoms with Crippen molar-refractivity contribution in [3.05, 3.63) is 29.8 Å². The van der Waals surface area contributed by atoms with Gasteiger partial charge in [0.05, 0.1) is 0 Å². The van der Waals surface area contributed by atoms with Gasteiger partial charge in [-0.15, -0.1) is 0 Å². The molecule has 1 heterocycles. The van der Waals surface area contributed by atoms with E-state index in [0.717, 1.165) is 18.8 Å². The Labute approximate surface area is 126 Å². The van der Waals surface area contributed by atoms with Crippen LogP contribution in [0.2, 0.25) is 0 Å². The minimum atomic E-state index is -0.789. The van der Waals surface area contributed by atoms with Gasteiger partial charge in [0.1, 0.15) is 0 Å². The maximum atomic E-state index is 13.6. The molecule has 2 nitrogen and oxygen atoms in total. The predicted molar refractivity (Wildman–Crippen MR) is 83.6 cm³/mol. The van der Waals surface area contributed by atoms with Crippen LogP contribution in [0.3, 0.4) is 0 Å². The lowest BCUT2D eigenvalue weighted by atomic mass is 9.83. The van der Waals surface area contributed by atoms with E-state index in [2.05, 4.69) is 44.8 Å². The first kappa shape index (κ1) is 16.2. The summed E-state index contributed by atoms with van der Waals surface area (Å²) in [4.78, 5) is 2.22. The minimum Gasteiger partial charge on any atom is -0.365 e. The lowest BCUT2D eigenvalue weighted by Crippen LogP contribution is -2.62. The molecule has 1 fully saturated rings. The van der Waals surface area contributed by atoms with Gasteiger partial charge in [-0.05, 0) is 23.5 Å². The largest absolute Gasteiger partial charge is 0.365 e. The molecule has 4 heteroatoms. The van der Waals surface area contributed by atoms with Crippen molar-refractivity contribution >= 4 is 5.69 Å². The van der Waals surface area contributed by atoms with Crippen molar-refractivity contribution in [2.45, 2.75) is 46.7 Å². The van der Waals surface area contributed by atoms with Gasteiger partial charge in [-0.2, -0.15) is 0 Å². The van der Waals surface area contributed by atoms with Crippen molar-refractivity contribution in [1.29, 1.82) is 0 Å². The summed E-state index contributed by atoms with van der Waals surface area (Å²) >= 11 is 0. The molecule has 0 bridgehead atoms. The van der Waals surface area contributed by atoms with Crippen LogP contribution in [0.25, 0.3) is 0 Å². The minimum absolute atomic E-state index is 0.124. The number of nitrogens with one attached hydrogen (secondary N) is 1. The third-order valence-corrected chi connectivity index (χ3v) is 4.40.